The van der Waals surface area contributed by atoms with Gasteiger partial charge in [-0.3, -0.25) is 9.59 Å². The van der Waals surface area contributed by atoms with Crippen LogP contribution in [-0.2, 0) is 27.2 Å². The van der Waals surface area contributed by atoms with Crippen molar-refractivity contribution in [1.82, 2.24) is 15.5 Å². The third-order valence-electron chi connectivity index (χ3n) is 4.56. The predicted molar refractivity (Wildman–Crippen MR) is 117 cm³/mol. The molecule has 0 fully saturated rings. The Morgan fingerprint density at radius 2 is 1.77 bits per heavy atom. The molecule has 0 unspecified atom stereocenters. The van der Waals surface area contributed by atoms with Gasteiger partial charge >= 0.3 is 5.97 Å². The van der Waals surface area contributed by atoms with E-state index < -0.39 is 0 Å². The van der Waals surface area contributed by atoms with Crippen molar-refractivity contribution in [2.24, 2.45) is 0 Å². The molecule has 0 aliphatic carbocycles. The van der Waals surface area contributed by atoms with Crippen molar-refractivity contribution in [2.45, 2.75) is 32.6 Å². The highest BCUT2D eigenvalue weighted by Crippen LogP contribution is 2.19. The van der Waals surface area contributed by atoms with Crippen molar-refractivity contribution in [3.63, 3.8) is 0 Å². The third kappa shape index (κ3) is 7.53. The molecule has 1 heterocycles. The van der Waals surface area contributed by atoms with Crippen LogP contribution in [0.1, 0.15) is 29.9 Å². The fraction of sp³-hybridized carbons (Fsp3) is 0.304. The predicted octanol–water partition coefficient (Wildman–Crippen LogP) is 3.92. The number of amides is 1. The molecule has 0 radical (unpaired) electrons. The Bertz CT molecular complexity index is 1000. The van der Waals surface area contributed by atoms with Crippen LogP contribution in [0.2, 0.25) is 5.02 Å². The van der Waals surface area contributed by atoms with Gasteiger partial charge in [0, 0.05) is 23.4 Å². The highest BCUT2D eigenvalue weighted by atomic mass is 35.5. The number of benzene rings is 2. The van der Waals surface area contributed by atoms with E-state index in [0.717, 1.165) is 11.1 Å². The molecule has 0 atom stereocenters. The molecule has 0 saturated heterocycles. The molecule has 0 saturated carbocycles. The number of nitrogens with zero attached hydrogens (tertiary/aromatic N) is 2. The maximum atomic E-state index is 11.9. The number of ether oxygens (including phenoxy) is 1. The largest absolute Gasteiger partial charge is 0.464 e. The Morgan fingerprint density at radius 3 is 2.52 bits per heavy atom. The van der Waals surface area contributed by atoms with Crippen LogP contribution in [0.25, 0.3) is 11.4 Å². The average Bonchev–Trinajstić information content (AvgIpc) is 3.24. The van der Waals surface area contributed by atoms with Gasteiger partial charge in [0.15, 0.2) is 0 Å². The van der Waals surface area contributed by atoms with E-state index in [-0.39, 0.29) is 37.9 Å². The second-order valence-electron chi connectivity index (χ2n) is 7.07. The smallest absolute Gasteiger partial charge is 0.306 e. The topological polar surface area (TPSA) is 94.3 Å². The number of aromatic nitrogens is 2. The van der Waals surface area contributed by atoms with Crippen LogP contribution in [-0.4, -0.2) is 35.2 Å². The zero-order chi connectivity index (χ0) is 22.1. The summed E-state index contributed by atoms with van der Waals surface area (Å²) in [5.74, 6) is 0.331. The number of esters is 1. The maximum absolute atomic E-state index is 11.9. The lowest BCUT2D eigenvalue weighted by molar-refractivity contribution is -0.144. The summed E-state index contributed by atoms with van der Waals surface area (Å²) in [5, 5.41) is 7.28. The summed E-state index contributed by atoms with van der Waals surface area (Å²) >= 11 is 5.87. The van der Waals surface area contributed by atoms with Crippen LogP contribution in [0.15, 0.2) is 53.1 Å². The minimum atomic E-state index is -0.389. The number of aryl methyl sites for hydroxylation is 3. The number of hydrogen-bond donors (Lipinski definition) is 1. The van der Waals surface area contributed by atoms with Crippen LogP contribution in [0.5, 0.6) is 0 Å². The average molecular weight is 442 g/mol. The minimum Gasteiger partial charge on any atom is -0.464 e. The van der Waals surface area contributed by atoms with E-state index in [2.05, 4.69) is 15.5 Å². The van der Waals surface area contributed by atoms with E-state index in [4.69, 9.17) is 20.9 Å². The van der Waals surface area contributed by atoms with Gasteiger partial charge in [0.1, 0.15) is 6.61 Å². The molecule has 0 spiro atoms. The summed E-state index contributed by atoms with van der Waals surface area (Å²) < 4.78 is 10.3. The number of rotatable bonds is 10. The number of nitrogens with one attached hydrogen (secondary N) is 1. The van der Waals surface area contributed by atoms with E-state index in [9.17, 15) is 9.59 Å². The van der Waals surface area contributed by atoms with E-state index in [1.807, 2.05) is 31.2 Å². The van der Waals surface area contributed by atoms with E-state index >= 15 is 0 Å². The number of carbonyl (C=O) groups excluding carboxylic acids is 2. The Labute approximate surface area is 185 Å². The van der Waals surface area contributed by atoms with Gasteiger partial charge in [0.2, 0.25) is 17.6 Å². The molecule has 3 rings (SSSR count). The Hall–Kier alpha value is -3.19. The monoisotopic (exact) mass is 441 g/mol. The number of hydrogen-bond acceptors (Lipinski definition) is 6. The van der Waals surface area contributed by atoms with E-state index in [1.165, 1.54) is 5.56 Å². The molecule has 31 heavy (non-hydrogen) atoms. The van der Waals surface area contributed by atoms with Gasteiger partial charge in [0.25, 0.3) is 0 Å². The van der Waals surface area contributed by atoms with Crippen molar-refractivity contribution in [2.75, 3.05) is 13.2 Å². The highest BCUT2D eigenvalue weighted by molar-refractivity contribution is 6.30. The van der Waals surface area contributed by atoms with E-state index in [1.54, 1.807) is 24.3 Å². The first-order valence-electron chi connectivity index (χ1n) is 10.1. The zero-order valence-corrected chi connectivity index (χ0v) is 18.0. The third-order valence-corrected chi connectivity index (χ3v) is 4.81. The van der Waals surface area contributed by atoms with Crippen LogP contribution in [0, 0.1) is 6.92 Å². The van der Waals surface area contributed by atoms with Gasteiger partial charge < -0.3 is 14.6 Å². The molecule has 2 aromatic carbocycles. The summed E-state index contributed by atoms with van der Waals surface area (Å²) in [4.78, 5) is 28.0. The Morgan fingerprint density at radius 1 is 1.03 bits per heavy atom. The quantitative estimate of drug-likeness (QED) is 0.378. The van der Waals surface area contributed by atoms with Crippen LogP contribution in [0.4, 0.5) is 0 Å². The van der Waals surface area contributed by atoms with Gasteiger partial charge in [-0.15, -0.1) is 0 Å². The molecular weight excluding hydrogens is 418 g/mol. The molecule has 1 aromatic heterocycles. The maximum Gasteiger partial charge on any atom is 0.306 e. The Balaban J connectivity index is 1.29. The summed E-state index contributed by atoms with van der Waals surface area (Å²) in [6.45, 7) is 2.42. The van der Waals surface area contributed by atoms with Crippen LogP contribution >= 0.6 is 11.6 Å². The van der Waals surface area contributed by atoms with Gasteiger partial charge in [-0.25, -0.2) is 0 Å². The lowest BCUT2D eigenvalue weighted by Crippen LogP contribution is -2.28. The summed E-state index contributed by atoms with van der Waals surface area (Å²) in [7, 11) is 0. The van der Waals surface area contributed by atoms with Gasteiger partial charge in [-0.2, -0.15) is 4.98 Å². The molecule has 1 amide bonds. The normalized spacial score (nSPS) is 10.6. The van der Waals surface area contributed by atoms with Crippen molar-refractivity contribution in [3.8, 4) is 11.4 Å². The van der Waals surface area contributed by atoms with Gasteiger partial charge in [-0.05, 0) is 43.2 Å². The first-order valence-corrected chi connectivity index (χ1v) is 10.4. The van der Waals surface area contributed by atoms with Crippen molar-refractivity contribution >= 4 is 23.5 Å². The first kappa shape index (κ1) is 22.5. The molecule has 8 heteroatoms. The standard InChI is InChI=1S/C23H24ClN3O4/c1-16-2-4-17(5-3-16)6-11-20(28)25-14-15-30-22(29)13-12-21-26-23(27-31-21)18-7-9-19(24)10-8-18/h2-5,7-10H,6,11-15H2,1H3,(H,25,28). The van der Waals surface area contributed by atoms with Gasteiger partial charge in [-0.1, -0.05) is 46.6 Å². The second kappa shape index (κ2) is 11.3. The zero-order valence-electron chi connectivity index (χ0n) is 17.3. The second-order valence-corrected chi connectivity index (χ2v) is 7.51. The minimum absolute atomic E-state index is 0.0720. The van der Waals surface area contributed by atoms with Crippen LogP contribution in [0.3, 0.4) is 0 Å². The lowest BCUT2D eigenvalue weighted by Gasteiger charge is -2.07. The number of carbonyl (C=O) groups is 2. The Kier molecular flexibility index (Phi) is 8.18. The summed E-state index contributed by atoms with van der Waals surface area (Å²) in [6.07, 6.45) is 1.46. The highest BCUT2D eigenvalue weighted by Gasteiger charge is 2.11. The SMILES string of the molecule is Cc1ccc(CCC(=O)NCCOC(=O)CCc2nc(-c3ccc(Cl)cc3)no2)cc1. The lowest BCUT2D eigenvalue weighted by atomic mass is 10.1. The number of halogens is 1. The van der Waals surface area contributed by atoms with Crippen molar-refractivity contribution in [1.29, 1.82) is 0 Å². The molecule has 0 aliphatic heterocycles. The summed E-state index contributed by atoms with van der Waals surface area (Å²) in [6, 6.07) is 15.2. The van der Waals surface area contributed by atoms with Crippen molar-refractivity contribution in [3.05, 3.63) is 70.6 Å². The van der Waals surface area contributed by atoms with E-state index in [0.29, 0.717) is 29.6 Å². The molecular formula is C23H24ClN3O4. The summed E-state index contributed by atoms with van der Waals surface area (Å²) in [5.41, 5.74) is 3.09. The molecule has 7 nitrogen and oxygen atoms in total. The fourth-order valence-corrected chi connectivity index (χ4v) is 2.94. The molecule has 3 aromatic rings. The molecule has 162 valence electrons. The molecule has 0 aliphatic rings. The van der Waals surface area contributed by atoms with Crippen molar-refractivity contribution < 1.29 is 18.8 Å². The van der Waals surface area contributed by atoms with Gasteiger partial charge in [0.05, 0.1) is 13.0 Å². The fourth-order valence-electron chi connectivity index (χ4n) is 2.81. The first-order chi connectivity index (χ1) is 15.0. The molecule has 0 bridgehead atoms. The molecule has 1 N–H and O–H groups in total. The van der Waals surface area contributed by atoms with Crippen LogP contribution < -0.4 is 5.32 Å².